The summed E-state index contributed by atoms with van der Waals surface area (Å²) < 4.78 is 25.3. The number of aromatic nitrogens is 1. The summed E-state index contributed by atoms with van der Waals surface area (Å²) in [6.45, 7) is -0.409. The first-order valence-electron chi connectivity index (χ1n) is 6.55. The van der Waals surface area contributed by atoms with E-state index < -0.39 is 28.7 Å². The lowest BCUT2D eigenvalue weighted by Gasteiger charge is -2.08. The van der Waals surface area contributed by atoms with E-state index in [9.17, 15) is 28.5 Å². The van der Waals surface area contributed by atoms with Gasteiger partial charge < -0.3 is 5.32 Å². The van der Waals surface area contributed by atoms with Crippen molar-refractivity contribution in [2.75, 3.05) is 5.32 Å². The number of nitro groups is 1. The van der Waals surface area contributed by atoms with Crippen molar-refractivity contribution >= 4 is 29.0 Å². The van der Waals surface area contributed by atoms with Crippen LogP contribution in [0, 0.1) is 10.1 Å². The Hall–Kier alpha value is -2.75. The Bertz CT molecular complexity index is 808. The van der Waals surface area contributed by atoms with Crippen LogP contribution in [0.2, 0.25) is 0 Å². The van der Waals surface area contributed by atoms with Crippen molar-refractivity contribution in [2.45, 2.75) is 17.2 Å². The van der Waals surface area contributed by atoms with Crippen LogP contribution in [0.3, 0.4) is 0 Å². The van der Waals surface area contributed by atoms with Gasteiger partial charge in [-0.2, -0.15) is 8.78 Å². The number of nitrogens with zero attached hydrogens (tertiary/aromatic N) is 2. The van der Waals surface area contributed by atoms with Crippen LogP contribution in [-0.2, 0) is 11.3 Å². The second-order valence-electron chi connectivity index (χ2n) is 4.56. The van der Waals surface area contributed by atoms with E-state index in [1.54, 1.807) is 0 Å². The normalized spacial score (nSPS) is 10.6. The smallest absolute Gasteiger partial charge is 0.288 e. The molecular weight excluding hydrogens is 344 g/mol. The van der Waals surface area contributed by atoms with Crippen molar-refractivity contribution in [1.82, 2.24) is 4.57 Å². The molecule has 0 saturated carbocycles. The van der Waals surface area contributed by atoms with Gasteiger partial charge in [-0.15, -0.1) is 0 Å². The summed E-state index contributed by atoms with van der Waals surface area (Å²) in [7, 11) is 0. The molecule has 0 fully saturated rings. The molecule has 0 unspecified atom stereocenters. The Morgan fingerprint density at radius 2 is 1.92 bits per heavy atom. The van der Waals surface area contributed by atoms with E-state index in [0.29, 0.717) is 22.3 Å². The van der Waals surface area contributed by atoms with Crippen LogP contribution >= 0.6 is 11.8 Å². The number of rotatable bonds is 6. The third kappa shape index (κ3) is 4.88. The van der Waals surface area contributed by atoms with Gasteiger partial charge in [0.2, 0.25) is 5.91 Å². The van der Waals surface area contributed by atoms with Crippen molar-refractivity contribution in [3.05, 3.63) is 63.1 Å². The van der Waals surface area contributed by atoms with E-state index in [1.807, 2.05) is 0 Å². The van der Waals surface area contributed by atoms with E-state index in [4.69, 9.17) is 0 Å². The van der Waals surface area contributed by atoms with E-state index in [2.05, 4.69) is 5.32 Å². The van der Waals surface area contributed by atoms with Gasteiger partial charge in [-0.05, 0) is 24.3 Å². The van der Waals surface area contributed by atoms with Gasteiger partial charge in [0, 0.05) is 22.7 Å². The topological polar surface area (TPSA) is 94.2 Å². The Balaban J connectivity index is 2.04. The highest BCUT2D eigenvalue weighted by Gasteiger charge is 2.11. The number of amides is 1. The first kappa shape index (κ1) is 17.6. The molecule has 0 bridgehead atoms. The average Bonchev–Trinajstić information content (AvgIpc) is 2.50. The molecule has 1 N–H and O–H groups in total. The van der Waals surface area contributed by atoms with Crippen LogP contribution < -0.4 is 10.9 Å². The molecule has 0 saturated heterocycles. The maximum absolute atomic E-state index is 12.2. The Morgan fingerprint density at radius 3 is 2.50 bits per heavy atom. The van der Waals surface area contributed by atoms with Gasteiger partial charge in [-0.25, -0.2) is 0 Å². The van der Waals surface area contributed by atoms with Crippen LogP contribution in [0.15, 0.2) is 52.3 Å². The minimum atomic E-state index is -2.54. The molecule has 0 spiro atoms. The fraction of sp³-hybridized carbons (Fsp3) is 0.143. The van der Waals surface area contributed by atoms with Crippen molar-refractivity contribution in [2.24, 2.45) is 0 Å². The zero-order chi connectivity index (χ0) is 17.7. The van der Waals surface area contributed by atoms with Crippen LogP contribution in [0.5, 0.6) is 0 Å². The SMILES string of the molecule is O=C(Cn1cc([N+](=O)[O-])ccc1=O)Nc1ccc(SC(F)F)cc1. The molecule has 7 nitrogen and oxygen atoms in total. The standard InChI is InChI=1S/C14H11F2N3O4S/c15-14(16)24-11-4-1-9(2-5-11)17-12(20)8-18-7-10(19(22)23)3-6-13(18)21/h1-7,14H,8H2,(H,17,20). The predicted octanol–water partition coefficient (Wildman–Crippen LogP) is 2.71. The molecule has 0 aliphatic rings. The maximum atomic E-state index is 12.2. The van der Waals surface area contributed by atoms with Crippen molar-refractivity contribution in [3.63, 3.8) is 0 Å². The van der Waals surface area contributed by atoms with Gasteiger partial charge in [0.05, 0.1) is 11.1 Å². The fourth-order valence-corrected chi connectivity index (χ4v) is 2.32. The Morgan fingerprint density at radius 1 is 1.25 bits per heavy atom. The number of carbonyl (C=O) groups excluding carboxylic acids is 1. The summed E-state index contributed by atoms with van der Waals surface area (Å²) in [5.74, 6) is -3.11. The van der Waals surface area contributed by atoms with E-state index in [0.717, 1.165) is 22.9 Å². The highest BCUT2D eigenvalue weighted by Crippen LogP contribution is 2.26. The van der Waals surface area contributed by atoms with Crippen LogP contribution in [0.25, 0.3) is 0 Å². The highest BCUT2D eigenvalue weighted by molar-refractivity contribution is 7.99. The molecule has 0 aliphatic heterocycles. The van der Waals surface area contributed by atoms with Gasteiger partial charge in [0.15, 0.2) is 0 Å². The molecule has 24 heavy (non-hydrogen) atoms. The minimum absolute atomic E-state index is 0.309. The number of carbonyl (C=O) groups is 1. The molecular formula is C14H11F2N3O4S. The summed E-state index contributed by atoms with van der Waals surface area (Å²) >= 11 is 0.380. The number of nitrogens with one attached hydrogen (secondary N) is 1. The van der Waals surface area contributed by atoms with Crippen LogP contribution in [0.1, 0.15) is 0 Å². The van der Waals surface area contributed by atoms with E-state index in [1.165, 1.54) is 24.3 Å². The average molecular weight is 355 g/mol. The fourth-order valence-electron chi connectivity index (χ4n) is 1.83. The Kier molecular flexibility index (Phi) is 5.64. The lowest BCUT2D eigenvalue weighted by Crippen LogP contribution is -2.26. The second kappa shape index (κ2) is 7.68. The van der Waals surface area contributed by atoms with Gasteiger partial charge in [0.1, 0.15) is 6.54 Å². The summed E-state index contributed by atoms with van der Waals surface area (Å²) in [6.07, 6.45) is 0.976. The Labute approximate surface area is 138 Å². The van der Waals surface area contributed by atoms with Gasteiger partial charge >= 0.3 is 0 Å². The van der Waals surface area contributed by atoms with Crippen molar-refractivity contribution in [1.29, 1.82) is 0 Å². The lowest BCUT2D eigenvalue weighted by molar-refractivity contribution is -0.385. The lowest BCUT2D eigenvalue weighted by atomic mass is 10.3. The van der Waals surface area contributed by atoms with Crippen molar-refractivity contribution in [3.8, 4) is 0 Å². The summed E-state index contributed by atoms with van der Waals surface area (Å²) in [5, 5.41) is 13.2. The molecule has 1 aromatic carbocycles. The van der Waals surface area contributed by atoms with E-state index >= 15 is 0 Å². The van der Waals surface area contributed by atoms with Crippen LogP contribution in [-0.4, -0.2) is 21.2 Å². The molecule has 2 aromatic rings. The first-order valence-corrected chi connectivity index (χ1v) is 7.43. The number of thioether (sulfide) groups is 1. The number of hydrogen-bond donors (Lipinski definition) is 1. The van der Waals surface area contributed by atoms with Gasteiger partial charge in [-0.3, -0.25) is 24.3 Å². The zero-order valence-corrected chi connectivity index (χ0v) is 12.8. The largest absolute Gasteiger partial charge is 0.325 e. The second-order valence-corrected chi connectivity index (χ2v) is 5.63. The quantitative estimate of drug-likeness (QED) is 0.488. The molecule has 1 aromatic heterocycles. The molecule has 0 aliphatic carbocycles. The molecule has 2 rings (SSSR count). The molecule has 126 valence electrons. The summed E-state index contributed by atoms with van der Waals surface area (Å²) in [5.41, 5.74) is -0.507. The zero-order valence-electron chi connectivity index (χ0n) is 12.0. The summed E-state index contributed by atoms with van der Waals surface area (Å²) in [6, 6.07) is 7.79. The van der Waals surface area contributed by atoms with Gasteiger partial charge in [0.25, 0.3) is 17.0 Å². The molecule has 10 heteroatoms. The van der Waals surface area contributed by atoms with Gasteiger partial charge in [-0.1, -0.05) is 11.8 Å². The molecule has 1 heterocycles. The third-order valence-corrected chi connectivity index (χ3v) is 3.58. The third-order valence-electron chi connectivity index (χ3n) is 2.86. The number of halogens is 2. The first-order chi connectivity index (χ1) is 11.3. The molecule has 0 radical (unpaired) electrons. The van der Waals surface area contributed by atoms with Crippen LogP contribution in [0.4, 0.5) is 20.2 Å². The molecule has 0 atom stereocenters. The van der Waals surface area contributed by atoms with E-state index in [-0.39, 0.29) is 5.69 Å². The number of benzene rings is 1. The number of pyridine rings is 1. The number of alkyl halides is 2. The number of hydrogen-bond acceptors (Lipinski definition) is 5. The summed E-state index contributed by atoms with van der Waals surface area (Å²) in [4.78, 5) is 33.9. The van der Waals surface area contributed by atoms with Crippen molar-refractivity contribution < 1.29 is 18.5 Å². The maximum Gasteiger partial charge on any atom is 0.288 e. The monoisotopic (exact) mass is 355 g/mol. The highest BCUT2D eigenvalue weighted by atomic mass is 32.2. The minimum Gasteiger partial charge on any atom is -0.325 e. The molecule has 1 amide bonds. The predicted molar refractivity (Wildman–Crippen MR) is 84.3 cm³/mol. The number of anilines is 1.